The summed E-state index contributed by atoms with van der Waals surface area (Å²) in [7, 11) is 1.60. The molecular formula is C42H48O12. The topological polar surface area (TPSA) is 153 Å². The second-order valence-electron chi connectivity index (χ2n) is 11.6. The zero-order chi connectivity index (χ0) is 36.7. The Morgan fingerprint density at radius 2 is 0.926 bits per heavy atom. The molecule has 0 atom stereocenters. The van der Waals surface area contributed by atoms with Gasteiger partial charge in [-0.05, 0) is 84.9 Å². The number of hydrogen-bond acceptors (Lipinski definition) is 12. The van der Waals surface area contributed by atoms with E-state index >= 15 is 0 Å². The first kappa shape index (κ1) is 42.7. The zero-order valence-electron chi connectivity index (χ0n) is 28.8. The van der Waals surface area contributed by atoms with Gasteiger partial charge in [-0.1, -0.05) is 14.9 Å². The van der Waals surface area contributed by atoms with Gasteiger partial charge in [-0.2, -0.15) is 0 Å². The molecule has 2 heterocycles. The van der Waals surface area contributed by atoms with Crippen LogP contribution >= 0.6 is 0 Å². The fourth-order valence-electron chi connectivity index (χ4n) is 5.16. The second-order valence-corrected chi connectivity index (χ2v) is 11.6. The Labute approximate surface area is 315 Å². The average molecular weight is 745 g/mol. The number of carbonyl (C=O) groups excluding carboxylic acids is 4. The molecule has 6 rings (SSSR count). The van der Waals surface area contributed by atoms with Crippen molar-refractivity contribution in [3.8, 4) is 34.5 Å². The second kappa shape index (κ2) is 21.7. The van der Waals surface area contributed by atoms with Gasteiger partial charge in [0, 0.05) is 55.0 Å². The monoisotopic (exact) mass is 744 g/mol. The van der Waals surface area contributed by atoms with Crippen LogP contribution in [0.4, 0.5) is 0 Å². The van der Waals surface area contributed by atoms with E-state index in [1.807, 2.05) is 0 Å². The highest BCUT2D eigenvalue weighted by Gasteiger charge is 2.18. The molecule has 0 amide bonds. The third-order valence-corrected chi connectivity index (χ3v) is 7.99. The lowest BCUT2D eigenvalue weighted by Gasteiger charge is -2.18. The highest BCUT2D eigenvalue weighted by atomic mass is 16.7. The van der Waals surface area contributed by atoms with Crippen LogP contribution in [0.3, 0.4) is 0 Å². The maximum atomic E-state index is 12.4. The van der Waals surface area contributed by atoms with Crippen LogP contribution in [-0.2, 0) is 9.47 Å². The molecule has 0 fully saturated rings. The zero-order valence-corrected chi connectivity index (χ0v) is 28.8. The highest BCUT2D eigenvalue weighted by molar-refractivity contribution is 6.03. The minimum absolute atomic E-state index is 0. The van der Waals surface area contributed by atoms with Gasteiger partial charge in [-0.25, -0.2) is 0 Å². The van der Waals surface area contributed by atoms with Gasteiger partial charge in [-0.15, -0.1) is 0 Å². The van der Waals surface area contributed by atoms with Crippen molar-refractivity contribution in [3.63, 3.8) is 0 Å². The molecule has 0 aromatic heterocycles. The molecule has 0 bridgehead atoms. The Morgan fingerprint density at radius 1 is 0.537 bits per heavy atom. The summed E-state index contributed by atoms with van der Waals surface area (Å²) in [5, 5.41) is 9.21. The number of benzene rings is 4. The number of phenolic OH excluding ortho intramolecular Hbond substituents is 1. The standard InChI is InChI=1S/C22H24O7.C18H16O5.2CH4/c1-25-10-11-26-15-29-18-5-2-16(3-6-18)19(23)7-8-20(24)17-4-9-21-22(14-17)28-13-12-27-21;19-14-4-1-12(2-5-14)15(20)6-7-16(21)13-3-8-17-18(11-13)23-10-9-22-17;;/h2-6,9,14H,7-8,10-13,15H2,1H3;1-5,8,11,19H,6-7,9-10H2;2*1H4. The molecule has 288 valence electrons. The van der Waals surface area contributed by atoms with Crippen molar-refractivity contribution in [1.82, 2.24) is 0 Å². The molecule has 0 aliphatic carbocycles. The predicted octanol–water partition coefficient (Wildman–Crippen LogP) is 7.58. The Hall–Kier alpha value is -5.72. The third-order valence-electron chi connectivity index (χ3n) is 7.99. The van der Waals surface area contributed by atoms with Crippen molar-refractivity contribution >= 4 is 23.1 Å². The van der Waals surface area contributed by atoms with Crippen LogP contribution in [-0.4, -0.2) is 81.8 Å². The molecule has 12 nitrogen and oxygen atoms in total. The Balaban J connectivity index is 0.000000287. The van der Waals surface area contributed by atoms with Crippen molar-refractivity contribution in [1.29, 1.82) is 0 Å². The van der Waals surface area contributed by atoms with Crippen molar-refractivity contribution in [2.24, 2.45) is 0 Å². The molecule has 54 heavy (non-hydrogen) atoms. The summed E-state index contributed by atoms with van der Waals surface area (Å²) in [5.74, 6) is 2.65. The molecular weight excluding hydrogens is 696 g/mol. The average Bonchev–Trinajstić information content (AvgIpc) is 3.19. The number of ketones is 4. The Morgan fingerprint density at radius 3 is 1.37 bits per heavy atom. The molecule has 2 aliphatic rings. The van der Waals surface area contributed by atoms with Gasteiger partial charge in [0.1, 0.15) is 37.9 Å². The van der Waals surface area contributed by atoms with Crippen LogP contribution in [0.15, 0.2) is 84.9 Å². The van der Waals surface area contributed by atoms with E-state index in [9.17, 15) is 24.3 Å². The minimum atomic E-state index is -0.129. The van der Waals surface area contributed by atoms with Crippen LogP contribution in [0.25, 0.3) is 0 Å². The van der Waals surface area contributed by atoms with Gasteiger partial charge in [0.05, 0.1) is 13.2 Å². The number of methoxy groups -OCH3 is 1. The molecule has 0 saturated heterocycles. The maximum absolute atomic E-state index is 12.4. The molecule has 0 spiro atoms. The summed E-state index contributed by atoms with van der Waals surface area (Å²) in [6.07, 6.45) is 0.509. The number of phenols is 1. The number of ether oxygens (including phenoxy) is 7. The first-order chi connectivity index (χ1) is 25.3. The lowest BCUT2D eigenvalue weighted by molar-refractivity contribution is -0.00847. The molecule has 12 heteroatoms. The molecule has 2 aliphatic heterocycles. The number of carbonyl (C=O) groups is 4. The number of rotatable bonds is 16. The number of hydrogen-bond donors (Lipinski definition) is 1. The smallest absolute Gasteiger partial charge is 0.189 e. The lowest BCUT2D eigenvalue weighted by atomic mass is 10.0. The molecule has 0 saturated carbocycles. The van der Waals surface area contributed by atoms with E-state index in [0.717, 1.165) is 0 Å². The van der Waals surface area contributed by atoms with E-state index in [4.69, 9.17) is 33.2 Å². The molecule has 4 aromatic carbocycles. The van der Waals surface area contributed by atoms with Gasteiger partial charge in [0.25, 0.3) is 0 Å². The van der Waals surface area contributed by atoms with E-state index in [0.29, 0.717) is 90.6 Å². The number of aromatic hydroxyl groups is 1. The fourth-order valence-corrected chi connectivity index (χ4v) is 5.16. The van der Waals surface area contributed by atoms with Crippen molar-refractivity contribution in [2.75, 3.05) is 53.5 Å². The van der Waals surface area contributed by atoms with Gasteiger partial charge < -0.3 is 38.3 Å². The third kappa shape index (κ3) is 12.5. The van der Waals surface area contributed by atoms with E-state index < -0.39 is 0 Å². The summed E-state index contributed by atoms with van der Waals surface area (Å²) in [4.78, 5) is 49.1. The number of Topliss-reactive ketones (excluding diaryl/α,β-unsaturated/α-hetero) is 4. The van der Waals surface area contributed by atoms with Crippen molar-refractivity contribution in [2.45, 2.75) is 40.5 Å². The summed E-state index contributed by atoms with van der Waals surface area (Å²) >= 11 is 0. The van der Waals surface area contributed by atoms with Crippen molar-refractivity contribution in [3.05, 3.63) is 107 Å². The van der Waals surface area contributed by atoms with E-state index in [-0.39, 0.29) is 76.2 Å². The van der Waals surface area contributed by atoms with E-state index in [1.54, 1.807) is 79.9 Å². The van der Waals surface area contributed by atoms with E-state index in [1.165, 1.54) is 12.1 Å². The Kier molecular flexibility index (Phi) is 17.2. The normalized spacial score (nSPS) is 12.1. The fraction of sp³-hybridized carbons (Fsp3) is 0.333. The van der Waals surface area contributed by atoms with Gasteiger partial charge in [0.15, 0.2) is 52.9 Å². The van der Waals surface area contributed by atoms with Crippen molar-refractivity contribution < 1.29 is 57.4 Å². The summed E-state index contributed by atoms with van der Waals surface area (Å²) in [6.45, 7) is 2.99. The van der Waals surface area contributed by atoms with Crippen LogP contribution in [0.2, 0.25) is 0 Å². The molecule has 0 unspecified atom stereocenters. The first-order valence-corrected chi connectivity index (χ1v) is 16.8. The van der Waals surface area contributed by atoms with Gasteiger partial charge in [-0.3, -0.25) is 19.2 Å². The van der Waals surface area contributed by atoms with Crippen LogP contribution in [0.1, 0.15) is 82.0 Å². The maximum Gasteiger partial charge on any atom is 0.189 e. The molecule has 4 aromatic rings. The SMILES string of the molecule is C.C.COCCOCOc1ccc(C(=O)CCC(=O)c2ccc3c(c2)OCCO3)cc1.O=C(CCC(=O)c1ccc2c(c1)OCCO2)c1ccc(O)cc1. The lowest BCUT2D eigenvalue weighted by Crippen LogP contribution is -2.16. The van der Waals surface area contributed by atoms with Gasteiger partial charge in [0.2, 0.25) is 0 Å². The summed E-state index contributed by atoms with van der Waals surface area (Å²) in [5.41, 5.74) is 2.04. The highest BCUT2D eigenvalue weighted by Crippen LogP contribution is 2.32. The Bertz CT molecular complexity index is 1830. The summed E-state index contributed by atoms with van der Waals surface area (Å²) < 4.78 is 37.3. The van der Waals surface area contributed by atoms with Crippen LogP contribution in [0, 0.1) is 0 Å². The van der Waals surface area contributed by atoms with E-state index in [2.05, 4.69) is 0 Å². The summed E-state index contributed by atoms with van der Waals surface area (Å²) in [6, 6.07) is 22.9. The largest absolute Gasteiger partial charge is 0.508 e. The molecule has 0 radical (unpaired) electrons. The molecule has 1 N–H and O–H groups in total. The number of fused-ring (bicyclic) bond motifs is 2. The minimum Gasteiger partial charge on any atom is -0.508 e. The van der Waals surface area contributed by atoms with Crippen LogP contribution < -0.4 is 23.7 Å². The predicted molar refractivity (Wildman–Crippen MR) is 202 cm³/mol. The van der Waals surface area contributed by atoms with Gasteiger partial charge >= 0.3 is 0 Å². The first-order valence-electron chi connectivity index (χ1n) is 16.8. The van der Waals surface area contributed by atoms with Crippen LogP contribution in [0.5, 0.6) is 34.5 Å². The quantitative estimate of drug-likeness (QED) is 0.0683.